The topological polar surface area (TPSA) is 520 Å². The van der Waals surface area contributed by atoms with Gasteiger partial charge in [0.15, 0.2) is 11.9 Å². The molecule has 6 atom stereocenters. The lowest BCUT2D eigenvalue weighted by Crippen LogP contribution is -2.34. The van der Waals surface area contributed by atoms with Crippen LogP contribution in [0, 0.1) is 11.8 Å². The molecular weight excluding hydrogens is 1430 g/mol. The number of amides is 3. The number of hydrogen-bond acceptors (Lipinski definition) is 26. The van der Waals surface area contributed by atoms with E-state index in [-0.39, 0.29) is 85.4 Å². The Bertz CT molecular complexity index is 4620. The average Bonchev–Trinajstić information content (AvgIpc) is 1.59. The molecule has 550 valence electrons. The number of anilines is 2. The highest BCUT2D eigenvalue weighted by Crippen LogP contribution is 2.61. The van der Waals surface area contributed by atoms with E-state index in [4.69, 9.17) is 34.7 Å². The first-order valence-electron chi connectivity index (χ1n) is 31.5. The van der Waals surface area contributed by atoms with Crippen LogP contribution in [0.1, 0.15) is 93.1 Å². The van der Waals surface area contributed by atoms with E-state index < -0.39 is 107 Å². The van der Waals surface area contributed by atoms with Crippen LogP contribution in [0.3, 0.4) is 0 Å². The third-order valence-corrected chi connectivity index (χ3v) is 20.6. The van der Waals surface area contributed by atoms with Gasteiger partial charge in [-0.3, -0.25) is 42.2 Å². The summed E-state index contributed by atoms with van der Waals surface area (Å²) in [5.41, 5.74) is 21.4. The minimum Gasteiger partial charge on any atom is -0.790 e. The summed E-state index contributed by atoms with van der Waals surface area (Å²) in [4.78, 5) is 118. The molecule has 1 fully saturated rings. The van der Waals surface area contributed by atoms with Gasteiger partial charge < -0.3 is 77.7 Å². The number of phosphoric ester groups is 1. The molecule has 0 spiro atoms. The summed E-state index contributed by atoms with van der Waals surface area (Å²) < 4.78 is 113. The number of nitrogens with zero attached hydrogens (tertiary/aromatic N) is 9. The molecule has 4 heterocycles. The lowest BCUT2D eigenvalue weighted by molar-refractivity contribution is -0.438. The fourth-order valence-electron chi connectivity index (χ4n) is 11.4. The summed E-state index contributed by atoms with van der Waals surface area (Å²) in [6.07, 6.45) is 3.64. The first-order chi connectivity index (χ1) is 48.8. The number of aromatic nitrogens is 2. The van der Waals surface area contributed by atoms with Gasteiger partial charge in [0.05, 0.1) is 50.6 Å². The predicted octanol–water partition coefficient (Wildman–Crippen LogP) is 4.47. The Morgan fingerprint density at radius 1 is 0.864 bits per heavy atom. The van der Waals surface area contributed by atoms with E-state index in [0.29, 0.717) is 31.4 Å². The van der Waals surface area contributed by atoms with Crippen LogP contribution in [0.2, 0.25) is 0 Å². The van der Waals surface area contributed by atoms with Gasteiger partial charge in [-0.1, -0.05) is 84.5 Å². The molecule has 0 radical (unpaired) electrons. The molecule has 3 aliphatic heterocycles. The number of phosphoric acid groups is 3. The van der Waals surface area contributed by atoms with Crippen molar-refractivity contribution in [1.29, 1.82) is 0 Å². The standard InChI is InChI=1S/C63H74N13O23P3S/c1-62(2)47-21-10-11-22-50(47)76(44-18-7-5-8-19-44)54(62)24-14-23-53-63(3,4)48-35-46(103(89,90)91)26-27-49(48)74(53)31-12-6-9-25-55(77)67-29-30-68-59(79)42-16-13-20-45(34-42)94-40-57(71-73-65)93-33-32-92-39-56(78)66-28-15-17-43-37-75(61(81)70-60(43)80)58-36-51(95-41-69-72-64)52(97-58)38-96-101(85,86)99-102(87,88)98-100(82,83)84/h5,7-8,10-11,13-14,16,18-24,26-27,34-35,37,51-52,57-58H,6,9,12,25,28-33,36,38-41H2,1-4H3,(H8-,66,67,68,70,77,78,79,80,81,82,83,84,85,86,87,88,89,90,91)/p-4. The average molecular weight is 1500 g/mol. The Hall–Kier alpha value is -8.94. The summed E-state index contributed by atoms with van der Waals surface area (Å²) >= 11 is 0. The van der Waals surface area contributed by atoms with Crippen LogP contribution >= 0.6 is 23.5 Å². The van der Waals surface area contributed by atoms with E-state index in [1.807, 2.05) is 61.3 Å². The largest absolute Gasteiger partial charge is 0.790 e. The lowest BCUT2D eigenvalue weighted by atomic mass is 9.81. The van der Waals surface area contributed by atoms with Crippen LogP contribution in [-0.4, -0.2) is 135 Å². The van der Waals surface area contributed by atoms with Crippen LogP contribution in [0.5, 0.6) is 5.75 Å². The Labute approximate surface area is 589 Å². The van der Waals surface area contributed by atoms with Crippen molar-refractivity contribution in [3.05, 3.63) is 191 Å². The third-order valence-electron chi connectivity index (χ3n) is 16.1. The highest BCUT2D eigenvalue weighted by Gasteiger charge is 2.46. The van der Waals surface area contributed by atoms with Crippen molar-refractivity contribution in [1.82, 2.24) is 25.5 Å². The molecule has 4 aromatic carbocycles. The van der Waals surface area contributed by atoms with E-state index >= 15 is 0 Å². The first kappa shape index (κ1) is 79.8. The fraction of sp³-hybridized carbons (Fsp3) is 0.397. The molecule has 36 nitrogen and oxygen atoms in total. The number of ether oxygens (including phenoxy) is 5. The Balaban J connectivity index is 0.736. The molecule has 5 aromatic rings. The highest BCUT2D eigenvalue weighted by molar-refractivity contribution is 7.85. The van der Waals surface area contributed by atoms with Crippen LogP contribution in [-0.2, 0) is 76.3 Å². The number of rotatable bonds is 36. The molecule has 6 unspecified atom stereocenters. The van der Waals surface area contributed by atoms with Gasteiger partial charge >= 0.3 is 5.69 Å². The highest BCUT2D eigenvalue weighted by atomic mass is 32.2. The maximum Gasteiger partial charge on any atom is 0.330 e. The smallest absolute Gasteiger partial charge is 0.330 e. The minimum atomic E-state index is -6.31. The van der Waals surface area contributed by atoms with E-state index in [9.17, 15) is 70.2 Å². The molecule has 1 aromatic heterocycles. The number of para-hydroxylation sites is 2. The Morgan fingerprint density at radius 2 is 1.61 bits per heavy atom. The SMILES string of the molecule is CC1(C)C(/C=C/C=C2/N(c3ccccc3)c3ccccc3C2(C)C)=[N+](CCCCCC(=O)NCCNC(=O)c2cccc(OCC(N=[N+]=[N-])OCCOCC(=O)NCC#Cc3cn(C4CC(OCN=[N+]=[N-])C(COP(=O)([O-])OP(=O)([O-])OP(=O)([O-])[O-])O4)c(=O)[nH]c3=O)c2)c2ccc(S(=O)(=O)[O-])cc21. The number of allylic oxidation sites excluding steroid dienone is 4. The third kappa shape index (κ3) is 22.3. The van der Waals surface area contributed by atoms with Gasteiger partial charge in [0, 0.05) is 94.1 Å². The number of nitrogens with one attached hydrogen (secondary N) is 4. The summed E-state index contributed by atoms with van der Waals surface area (Å²) in [5, 5.41) is 14.7. The van der Waals surface area contributed by atoms with Crippen molar-refractivity contribution in [3.63, 3.8) is 0 Å². The summed E-state index contributed by atoms with van der Waals surface area (Å²) in [6.45, 7) is 5.92. The minimum absolute atomic E-state index is 0.107. The van der Waals surface area contributed by atoms with Crippen LogP contribution < -0.4 is 56.4 Å². The van der Waals surface area contributed by atoms with Crippen molar-refractivity contribution < 1.29 is 102 Å². The zero-order chi connectivity index (χ0) is 74.8. The fourth-order valence-corrected chi connectivity index (χ4v) is 14.7. The number of fused-ring (bicyclic) bond motifs is 2. The van der Waals surface area contributed by atoms with Gasteiger partial charge in [-0.2, -0.15) is 4.58 Å². The summed E-state index contributed by atoms with van der Waals surface area (Å²) in [6, 6.07) is 29.1. The number of H-pyrrole nitrogens is 1. The van der Waals surface area contributed by atoms with E-state index in [0.717, 1.165) is 39.2 Å². The number of unbranched alkanes of at least 4 members (excludes halogenated alkanes) is 2. The van der Waals surface area contributed by atoms with Crippen LogP contribution in [0.25, 0.3) is 20.9 Å². The number of azide groups is 2. The van der Waals surface area contributed by atoms with Crippen molar-refractivity contribution in [3.8, 4) is 17.6 Å². The van der Waals surface area contributed by atoms with Gasteiger partial charge in [0.25, 0.3) is 27.1 Å². The van der Waals surface area contributed by atoms with Crippen LogP contribution in [0.15, 0.2) is 152 Å². The van der Waals surface area contributed by atoms with Gasteiger partial charge in [-0.25, -0.2) is 17.5 Å². The second kappa shape index (κ2) is 35.5. The molecule has 1 saturated heterocycles. The second-order valence-corrected chi connectivity index (χ2v) is 29.5. The molecule has 8 rings (SSSR count). The van der Waals surface area contributed by atoms with Crippen molar-refractivity contribution in [2.45, 2.75) is 100 Å². The maximum absolute atomic E-state index is 13.1. The molecule has 0 saturated carbocycles. The zero-order valence-corrected chi connectivity index (χ0v) is 59.1. The lowest BCUT2D eigenvalue weighted by Gasteiger charge is -2.37. The van der Waals surface area contributed by atoms with Crippen molar-refractivity contribution in [2.75, 3.05) is 70.8 Å². The summed E-state index contributed by atoms with van der Waals surface area (Å²) in [7, 11) is -23.3. The Kier molecular flexibility index (Phi) is 27.5. The monoisotopic (exact) mass is 1500 g/mol. The first-order valence-corrected chi connectivity index (χ1v) is 37.3. The zero-order valence-electron chi connectivity index (χ0n) is 55.6. The van der Waals surface area contributed by atoms with Gasteiger partial charge in [0.2, 0.25) is 17.5 Å². The maximum atomic E-state index is 13.1. The predicted molar refractivity (Wildman–Crippen MR) is 358 cm³/mol. The second-order valence-electron chi connectivity index (χ2n) is 23.9. The molecule has 40 heteroatoms. The van der Waals surface area contributed by atoms with E-state index in [2.05, 4.69) is 115 Å². The molecule has 103 heavy (non-hydrogen) atoms. The van der Waals surface area contributed by atoms with Crippen molar-refractivity contribution >= 4 is 74.1 Å². The molecular formula is C63H70N13O23P3S-4. The number of carbonyl (C=O) groups excluding carboxylic acids is 3. The summed E-state index contributed by atoms with van der Waals surface area (Å²) in [5.74, 6) is 3.87. The normalized spacial score (nSPS) is 18.5. The molecule has 0 aliphatic carbocycles. The van der Waals surface area contributed by atoms with Gasteiger partial charge in [-0.15, -0.1) is 0 Å². The van der Waals surface area contributed by atoms with Gasteiger partial charge in [0.1, 0.15) is 60.3 Å². The number of benzene rings is 4. The number of hydrogen-bond donors (Lipinski definition) is 4. The van der Waals surface area contributed by atoms with Crippen LogP contribution in [0.4, 0.5) is 17.1 Å². The molecule has 3 amide bonds. The quantitative estimate of drug-likeness (QED) is 0.00628. The van der Waals surface area contributed by atoms with Crippen molar-refractivity contribution in [2.24, 2.45) is 10.2 Å². The number of aromatic amines is 1. The van der Waals surface area contributed by atoms with Gasteiger partial charge in [-0.05, 0) is 97.9 Å². The van der Waals surface area contributed by atoms with E-state index in [1.165, 1.54) is 23.8 Å². The van der Waals surface area contributed by atoms with E-state index in [1.54, 1.807) is 24.3 Å². The number of carbonyl (C=O) groups is 3. The molecule has 4 N–H and O–H groups in total. The molecule has 3 aliphatic rings. The molecule has 0 bridgehead atoms. The Morgan fingerprint density at radius 3 is 2.35 bits per heavy atom.